The van der Waals surface area contributed by atoms with Crippen molar-refractivity contribution in [1.82, 2.24) is 9.55 Å². The third kappa shape index (κ3) is 3.15. The first-order chi connectivity index (χ1) is 13.6. The van der Waals surface area contributed by atoms with E-state index in [0.29, 0.717) is 17.6 Å². The summed E-state index contributed by atoms with van der Waals surface area (Å²) in [6, 6.07) is 13.0. The van der Waals surface area contributed by atoms with Crippen LogP contribution >= 0.6 is 0 Å². The molecule has 1 amide bonds. The number of nitrogens with zero attached hydrogens (tertiary/aromatic N) is 4. The minimum absolute atomic E-state index is 0.163. The highest BCUT2D eigenvalue weighted by Crippen LogP contribution is 2.21. The van der Waals surface area contributed by atoms with Gasteiger partial charge in [0.05, 0.1) is 5.39 Å². The molecule has 6 nitrogen and oxygen atoms in total. The Labute approximate surface area is 164 Å². The van der Waals surface area contributed by atoms with Crippen molar-refractivity contribution in [2.75, 3.05) is 29.9 Å². The second-order valence-electron chi connectivity index (χ2n) is 7.09. The van der Waals surface area contributed by atoms with Gasteiger partial charge in [0.1, 0.15) is 17.0 Å². The number of carbonyl (C=O) groups excluding carboxylic acids is 1. The SMILES string of the molecule is CCn1cc(C(=O)N(C)c2ccccc2)c(=O)c2ccc(N3CCCC3)nc21. The first-order valence-electron chi connectivity index (χ1n) is 9.72. The zero-order valence-electron chi connectivity index (χ0n) is 16.3. The Balaban J connectivity index is 1.79. The number of amides is 1. The lowest BCUT2D eigenvalue weighted by Gasteiger charge is -2.20. The summed E-state index contributed by atoms with van der Waals surface area (Å²) in [5.41, 5.74) is 1.28. The van der Waals surface area contributed by atoms with Gasteiger partial charge in [0.2, 0.25) is 5.43 Å². The summed E-state index contributed by atoms with van der Waals surface area (Å²) < 4.78 is 1.89. The zero-order chi connectivity index (χ0) is 19.7. The molecule has 1 aliphatic heterocycles. The number of carbonyl (C=O) groups is 1. The number of para-hydroxylation sites is 1. The molecule has 144 valence electrons. The normalized spacial score (nSPS) is 13.9. The fourth-order valence-electron chi connectivity index (χ4n) is 3.72. The molecule has 0 aliphatic carbocycles. The van der Waals surface area contributed by atoms with Gasteiger partial charge in [-0.2, -0.15) is 0 Å². The van der Waals surface area contributed by atoms with Gasteiger partial charge in [-0.25, -0.2) is 4.98 Å². The van der Waals surface area contributed by atoms with Gasteiger partial charge >= 0.3 is 0 Å². The van der Waals surface area contributed by atoms with E-state index in [9.17, 15) is 9.59 Å². The fourth-order valence-corrected chi connectivity index (χ4v) is 3.72. The van der Waals surface area contributed by atoms with Crippen molar-refractivity contribution >= 4 is 28.4 Å². The van der Waals surface area contributed by atoms with Crippen LogP contribution in [-0.2, 0) is 6.54 Å². The number of benzene rings is 1. The summed E-state index contributed by atoms with van der Waals surface area (Å²) in [6.07, 6.45) is 3.98. The smallest absolute Gasteiger partial charge is 0.263 e. The first kappa shape index (κ1) is 18.2. The molecule has 0 unspecified atom stereocenters. The maximum absolute atomic E-state index is 13.1. The predicted molar refractivity (Wildman–Crippen MR) is 112 cm³/mol. The van der Waals surface area contributed by atoms with Gasteiger partial charge in [-0.3, -0.25) is 9.59 Å². The van der Waals surface area contributed by atoms with Crippen molar-refractivity contribution in [3.8, 4) is 0 Å². The maximum atomic E-state index is 13.1. The van der Waals surface area contributed by atoms with Crippen LogP contribution in [0.15, 0.2) is 53.5 Å². The van der Waals surface area contributed by atoms with Gasteiger partial charge < -0.3 is 14.4 Å². The molecular formula is C22H24N4O2. The topological polar surface area (TPSA) is 58.4 Å². The summed E-state index contributed by atoms with van der Waals surface area (Å²) in [4.78, 5) is 34.6. The van der Waals surface area contributed by atoms with Gasteiger partial charge in [-0.15, -0.1) is 0 Å². The molecular weight excluding hydrogens is 352 g/mol. The Morgan fingerprint density at radius 1 is 1.11 bits per heavy atom. The molecule has 0 saturated carbocycles. The van der Waals surface area contributed by atoms with Crippen LogP contribution in [0.3, 0.4) is 0 Å². The van der Waals surface area contributed by atoms with Gasteiger partial charge in [0, 0.05) is 38.6 Å². The molecule has 3 aromatic rings. The van der Waals surface area contributed by atoms with Crippen LogP contribution < -0.4 is 15.2 Å². The summed E-state index contributed by atoms with van der Waals surface area (Å²) in [6.45, 7) is 4.60. The second kappa shape index (κ2) is 7.46. The molecule has 1 saturated heterocycles. The van der Waals surface area contributed by atoms with Crippen molar-refractivity contribution in [3.63, 3.8) is 0 Å². The van der Waals surface area contributed by atoms with Crippen molar-refractivity contribution in [2.24, 2.45) is 0 Å². The molecule has 2 aromatic heterocycles. The van der Waals surface area contributed by atoms with Crippen molar-refractivity contribution in [1.29, 1.82) is 0 Å². The average molecular weight is 376 g/mol. The highest BCUT2D eigenvalue weighted by atomic mass is 16.2. The van der Waals surface area contributed by atoms with E-state index in [0.717, 1.165) is 24.6 Å². The van der Waals surface area contributed by atoms with E-state index in [1.165, 1.54) is 17.7 Å². The van der Waals surface area contributed by atoms with Crippen LogP contribution in [0.4, 0.5) is 11.5 Å². The van der Waals surface area contributed by atoms with E-state index in [2.05, 4.69) is 4.90 Å². The van der Waals surface area contributed by atoms with Crippen LogP contribution in [0, 0.1) is 0 Å². The standard InChI is InChI=1S/C22H24N4O2/c1-3-25-15-18(22(28)24(2)16-9-5-4-6-10-16)20(27)17-11-12-19(23-21(17)25)26-13-7-8-14-26/h4-6,9-12,15H,3,7-8,13-14H2,1-2H3. The fraction of sp³-hybridized carbons (Fsp3) is 0.318. The average Bonchev–Trinajstić information content (AvgIpc) is 3.28. The summed E-state index contributed by atoms with van der Waals surface area (Å²) in [5.74, 6) is 0.580. The highest BCUT2D eigenvalue weighted by molar-refractivity contribution is 6.06. The van der Waals surface area contributed by atoms with Gasteiger partial charge in [-0.05, 0) is 44.0 Å². The molecule has 0 bridgehead atoms. The Bertz CT molecular complexity index is 1070. The lowest BCUT2D eigenvalue weighted by atomic mass is 10.1. The number of rotatable bonds is 4. The van der Waals surface area contributed by atoms with Crippen LogP contribution in [-0.4, -0.2) is 35.6 Å². The highest BCUT2D eigenvalue weighted by Gasteiger charge is 2.21. The van der Waals surface area contributed by atoms with Gasteiger partial charge in [-0.1, -0.05) is 18.2 Å². The minimum atomic E-state index is -0.316. The van der Waals surface area contributed by atoms with Crippen LogP contribution in [0.2, 0.25) is 0 Å². The van der Waals surface area contributed by atoms with Crippen LogP contribution in [0.1, 0.15) is 30.1 Å². The van der Waals surface area contributed by atoms with Crippen molar-refractivity contribution in [2.45, 2.75) is 26.3 Å². The Kier molecular flexibility index (Phi) is 4.86. The number of anilines is 2. The minimum Gasteiger partial charge on any atom is -0.357 e. The van der Waals surface area contributed by atoms with E-state index < -0.39 is 0 Å². The molecule has 6 heteroatoms. The molecule has 4 rings (SSSR count). The molecule has 0 spiro atoms. The van der Waals surface area contributed by atoms with E-state index >= 15 is 0 Å². The zero-order valence-corrected chi connectivity index (χ0v) is 16.3. The quantitative estimate of drug-likeness (QED) is 0.701. The number of pyridine rings is 2. The summed E-state index contributed by atoms with van der Waals surface area (Å²) in [5, 5.41) is 0.483. The molecule has 0 radical (unpaired) electrons. The van der Waals surface area contributed by atoms with E-state index in [1.807, 2.05) is 54.0 Å². The van der Waals surface area contributed by atoms with Crippen LogP contribution in [0.5, 0.6) is 0 Å². The largest absolute Gasteiger partial charge is 0.357 e. The number of hydrogen-bond acceptors (Lipinski definition) is 4. The van der Waals surface area contributed by atoms with E-state index in [-0.39, 0.29) is 16.9 Å². The number of hydrogen-bond donors (Lipinski definition) is 0. The van der Waals surface area contributed by atoms with Crippen LogP contribution in [0.25, 0.3) is 11.0 Å². The third-order valence-corrected chi connectivity index (χ3v) is 5.36. The molecule has 1 fully saturated rings. The third-order valence-electron chi connectivity index (χ3n) is 5.36. The second-order valence-corrected chi connectivity index (χ2v) is 7.09. The van der Waals surface area contributed by atoms with E-state index in [1.54, 1.807) is 13.2 Å². The summed E-state index contributed by atoms with van der Waals surface area (Å²) >= 11 is 0. The molecule has 0 atom stereocenters. The number of fused-ring (bicyclic) bond motifs is 1. The molecule has 3 heterocycles. The van der Waals surface area contributed by atoms with Gasteiger partial charge in [0.15, 0.2) is 0 Å². The molecule has 1 aliphatic rings. The van der Waals surface area contributed by atoms with Crippen molar-refractivity contribution < 1.29 is 4.79 Å². The van der Waals surface area contributed by atoms with E-state index in [4.69, 9.17) is 4.98 Å². The lowest BCUT2D eigenvalue weighted by molar-refractivity contribution is 0.0991. The molecule has 1 aromatic carbocycles. The number of aryl methyl sites for hydroxylation is 1. The Hall–Kier alpha value is -3.15. The van der Waals surface area contributed by atoms with Gasteiger partial charge in [0.25, 0.3) is 5.91 Å². The lowest BCUT2D eigenvalue weighted by Crippen LogP contribution is -2.32. The maximum Gasteiger partial charge on any atom is 0.263 e. The first-order valence-corrected chi connectivity index (χ1v) is 9.72. The van der Waals surface area contributed by atoms with Crippen molar-refractivity contribution in [3.05, 3.63) is 64.4 Å². The summed E-state index contributed by atoms with van der Waals surface area (Å²) in [7, 11) is 1.69. The predicted octanol–water partition coefficient (Wildman–Crippen LogP) is 3.29. The number of aromatic nitrogens is 2. The monoisotopic (exact) mass is 376 g/mol. The Morgan fingerprint density at radius 2 is 1.82 bits per heavy atom. The Morgan fingerprint density at radius 3 is 2.50 bits per heavy atom. The molecule has 0 N–H and O–H groups in total. The molecule has 28 heavy (non-hydrogen) atoms.